The maximum Gasteiger partial charge on any atom is 0.126 e. The molecule has 0 aromatic carbocycles. The molecule has 1 aliphatic carbocycles. The van der Waals surface area contributed by atoms with Crippen LogP contribution in [0.15, 0.2) is 12.1 Å². The van der Waals surface area contributed by atoms with Crippen molar-refractivity contribution in [3.05, 3.63) is 22.8 Å². The minimum atomic E-state index is 0.757. The Morgan fingerprint density at radius 1 is 1.44 bits per heavy atom. The largest absolute Gasteiger partial charge is 0.373 e. The zero-order chi connectivity index (χ0) is 13.0. The summed E-state index contributed by atoms with van der Waals surface area (Å²) in [7, 11) is 1.88. The molecule has 100 valence electrons. The highest BCUT2D eigenvalue weighted by atomic mass is 35.5. The molecule has 0 bridgehead atoms. The summed E-state index contributed by atoms with van der Waals surface area (Å²) >= 11 is 6.24. The topological polar surface area (TPSA) is 28.2 Å². The first-order valence-corrected chi connectivity index (χ1v) is 7.19. The molecular formula is C14H22ClN3. The molecule has 1 aromatic rings. The van der Waals surface area contributed by atoms with Crippen molar-refractivity contribution in [2.24, 2.45) is 0 Å². The van der Waals surface area contributed by atoms with Crippen LogP contribution >= 0.6 is 11.6 Å². The van der Waals surface area contributed by atoms with Crippen LogP contribution in [0.1, 0.15) is 38.3 Å². The van der Waals surface area contributed by atoms with Crippen LogP contribution in [0.3, 0.4) is 0 Å². The van der Waals surface area contributed by atoms with Gasteiger partial charge in [0.25, 0.3) is 0 Å². The van der Waals surface area contributed by atoms with Gasteiger partial charge < -0.3 is 5.32 Å². The molecule has 4 heteroatoms. The second-order valence-electron chi connectivity index (χ2n) is 4.93. The van der Waals surface area contributed by atoms with Crippen molar-refractivity contribution >= 4 is 17.4 Å². The standard InChI is InChI=1S/C14H22ClN3/c1-3-4-9-18(11-5-6-11)10-13-12(15)7-8-14(16-2)17-13/h7-8,11H,3-6,9-10H2,1-2H3,(H,16,17). The van der Waals surface area contributed by atoms with Crippen LogP contribution in [0.25, 0.3) is 0 Å². The fraction of sp³-hybridized carbons (Fsp3) is 0.643. The van der Waals surface area contributed by atoms with E-state index in [0.29, 0.717) is 0 Å². The Labute approximate surface area is 115 Å². The zero-order valence-electron chi connectivity index (χ0n) is 11.2. The molecule has 0 atom stereocenters. The summed E-state index contributed by atoms with van der Waals surface area (Å²) < 4.78 is 0. The molecule has 0 saturated heterocycles. The molecular weight excluding hydrogens is 246 g/mol. The summed E-state index contributed by atoms with van der Waals surface area (Å²) in [6, 6.07) is 4.60. The Bertz CT molecular complexity index is 391. The third-order valence-corrected chi connectivity index (χ3v) is 3.73. The molecule has 0 amide bonds. The van der Waals surface area contributed by atoms with E-state index in [2.05, 4.69) is 22.1 Å². The Kier molecular flexibility index (Phi) is 4.84. The van der Waals surface area contributed by atoms with E-state index in [9.17, 15) is 0 Å². The second kappa shape index (κ2) is 6.39. The lowest BCUT2D eigenvalue weighted by Crippen LogP contribution is -2.27. The highest BCUT2D eigenvalue weighted by Crippen LogP contribution is 2.29. The lowest BCUT2D eigenvalue weighted by molar-refractivity contribution is 0.248. The molecule has 0 spiro atoms. The monoisotopic (exact) mass is 267 g/mol. The van der Waals surface area contributed by atoms with Gasteiger partial charge >= 0.3 is 0 Å². The fourth-order valence-electron chi connectivity index (χ4n) is 2.12. The van der Waals surface area contributed by atoms with Gasteiger partial charge in [0.2, 0.25) is 0 Å². The van der Waals surface area contributed by atoms with Gasteiger partial charge in [0.05, 0.1) is 10.7 Å². The Morgan fingerprint density at radius 3 is 2.83 bits per heavy atom. The van der Waals surface area contributed by atoms with Crippen LogP contribution in [0, 0.1) is 0 Å². The van der Waals surface area contributed by atoms with Crippen LogP contribution in [0.5, 0.6) is 0 Å². The maximum atomic E-state index is 6.24. The van der Waals surface area contributed by atoms with Crippen molar-refractivity contribution < 1.29 is 0 Å². The van der Waals surface area contributed by atoms with Gasteiger partial charge in [-0.15, -0.1) is 0 Å². The number of hydrogen-bond donors (Lipinski definition) is 1. The Morgan fingerprint density at radius 2 is 2.22 bits per heavy atom. The van der Waals surface area contributed by atoms with Gasteiger partial charge in [-0.25, -0.2) is 4.98 Å². The third kappa shape index (κ3) is 3.59. The maximum absolute atomic E-state index is 6.24. The average molecular weight is 268 g/mol. The Hall–Kier alpha value is -0.800. The molecule has 0 radical (unpaired) electrons. The van der Waals surface area contributed by atoms with Gasteiger partial charge in [0.15, 0.2) is 0 Å². The third-order valence-electron chi connectivity index (χ3n) is 3.39. The molecule has 1 saturated carbocycles. The minimum absolute atomic E-state index is 0.757. The predicted molar refractivity (Wildman–Crippen MR) is 77.1 cm³/mol. The first-order valence-electron chi connectivity index (χ1n) is 6.81. The molecule has 18 heavy (non-hydrogen) atoms. The number of anilines is 1. The highest BCUT2D eigenvalue weighted by Gasteiger charge is 2.29. The number of unbranched alkanes of at least 4 members (excludes halogenated alkanes) is 1. The minimum Gasteiger partial charge on any atom is -0.373 e. The summed E-state index contributed by atoms with van der Waals surface area (Å²) in [5.41, 5.74) is 0.992. The average Bonchev–Trinajstić information content (AvgIpc) is 3.21. The first kappa shape index (κ1) is 13.6. The quantitative estimate of drug-likeness (QED) is 0.819. The van der Waals surface area contributed by atoms with Gasteiger partial charge in [-0.05, 0) is 37.9 Å². The molecule has 1 aliphatic rings. The molecule has 1 N–H and O–H groups in total. The lowest BCUT2D eigenvalue weighted by atomic mass is 10.2. The summed E-state index contributed by atoms with van der Waals surface area (Å²) in [6.45, 7) is 4.26. The van der Waals surface area contributed by atoms with E-state index in [1.54, 1.807) is 0 Å². The van der Waals surface area contributed by atoms with E-state index >= 15 is 0 Å². The summed E-state index contributed by atoms with van der Waals surface area (Å²) in [6.07, 6.45) is 5.14. The van der Waals surface area contributed by atoms with Crippen LogP contribution in [-0.4, -0.2) is 29.5 Å². The molecule has 3 nitrogen and oxygen atoms in total. The van der Waals surface area contributed by atoms with Gasteiger partial charge in [-0.1, -0.05) is 24.9 Å². The predicted octanol–water partition coefficient (Wildman–Crippen LogP) is 3.54. The number of rotatable bonds is 7. The summed E-state index contributed by atoms with van der Waals surface area (Å²) in [4.78, 5) is 7.09. The van der Waals surface area contributed by atoms with Crippen LogP contribution < -0.4 is 5.32 Å². The van der Waals surface area contributed by atoms with Crippen LogP contribution in [0.2, 0.25) is 5.02 Å². The molecule has 0 aliphatic heterocycles. The molecule has 0 unspecified atom stereocenters. The molecule has 1 aromatic heterocycles. The lowest BCUT2D eigenvalue weighted by Gasteiger charge is -2.22. The number of pyridine rings is 1. The van der Waals surface area contributed by atoms with E-state index in [4.69, 9.17) is 11.6 Å². The number of halogens is 1. The van der Waals surface area contributed by atoms with Gasteiger partial charge in [0.1, 0.15) is 5.82 Å². The SMILES string of the molecule is CCCCN(Cc1nc(NC)ccc1Cl)C1CC1. The number of hydrogen-bond acceptors (Lipinski definition) is 3. The van der Waals surface area contributed by atoms with Crippen LogP contribution in [-0.2, 0) is 6.54 Å². The van der Waals surface area contributed by atoms with Crippen molar-refractivity contribution in [3.8, 4) is 0 Å². The smallest absolute Gasteiger partial charge is 0.126 e. The zero-order valence-corrected chi connectivity index (χ0v) is 12.0. The van der Waals surface area contributed by atoms with Gasteiger partial charge in [0, 0.05) is 19.6 Å². The molecule has 1 fully saturated rings. The fourth-order valence-corrected chi connectivity index (χ4v) is 2.28. The van der Waals surface area contributed by atoms with Gasteiger partial charge in [-0.2, -0.15) is 0 Å². The van der Waals surface area contributed by atoms with Crippen LogP contribution in [0.4, 0.5) is 5.82 Å². The number of nitrogens with one attached hydrogen (secondary N) is 1. The first-order chi connectivity index (χ1) is 8.74. The van der Waals surface area contributed by atoms with E-state index in [0.717, 1.165) is 35.7 Å². The second-order valence-corrected chi connectivity index (χ2v) is 5.34. The number of aromatic nitrogens is 1. The number of nitrogens with zero attached hydrogens (tertiary/aromatic N) is 2. The Balaban J connectivity index is 2.05. The van der Waals surface area contributed by atoms with E-state index in [-0.39, 0.29) is 0 Å². The van der Waals surface area contributed by atoms with E-state index < -0.39 is 0 Å². The van der Waals surface area contributed by atoms with Crippen molar-refractivity contribution in [2.75, 3.05) is 18.9 Å². The molecule has 2 rings (SSSR count). The van der Waals surface area contributed by atoms with E-state index in [1.165, 1.54) is 25.7 Å². The van der Waals surface area contributed by atoms with Crippen molar-refractivity contribution in [3.63, 3.8) is 0 Å². The summed E-state index contributed by atoms with van der Waals surface area (Å²) in [5, 5.41) is 3.84. The van der Waals surface area contributed by atoms with Crippen molar-refractivity contribution in [2.45, 2.75) is 45.2 Å². The summed E-state index contributed by atoms with van der Waals surface area (Å²) in [5.74, 6) is 0.889. The van der Waals surface area contributed by atoms with Crippen molar-refractivity contribution in [1.82, 2.24) is 9.88 Å². The highest BCUT2D eigenvalue weighted by molar-refractivity contribution is 6.31. The van der Waals surface area contributed by atoms with Crippen molar-refractivity contribution in [1.29, 1.82) is 0 Å². The normalized spacial score (nSPS) is 15.1. The van der Waals surface area contributed by atoms with E-state index in [1.807, 2.05) is 19.2 Å². The molecule has 1 heterocycles. The van der Waals surface area contributed by atoms with Gasteiger partial charge in [-0.3, -0.25) is 4.90 Å².